The van der Waals surface area contributed by atoms with Gasteiger partial charge in [-0.2, -0.15) is 0 Å². The second kappa shape index (κ2) is 8.76. The Labute approximate surface area is 175 Å². The SMILES string of the molecule is CCCc1ccc([C@@H]2CSc3ccc([C@@H]4O[C@H](CO)[C@@H](O)[C@H](O)[C@H]4O)cc32)cc1. The summed E-state index contributed by atoms with van der Waals surface area (Å²) >= 11 is 1.81. The smallest absolute Gasteiger partial charge is 0.113 e. The van der Waals surface area contributed by atoms with Gasteiger partial charge in [-0.15, -0.1) is 11.8 Å². The zero-order valence-corrected chi connectivity index (χ0v) is 17.3. The molecule has 2 aromatic rings. The van der Waals surface area contributed by atoms with Crippen LogP contribution in [-0.2, 0) is 11.2 Å². The Kier molecular flexibility index (Phi) is 6.30. The Bertz CT molecular complexity index is 838. The molecule has 4 rings (SSSR count). The largest absolute Gasteiger partial charge is 0.394 e. The molecule has 0 saturated carbocycles. The third-order valence-corrected chi connectivity index (χ3v) is 7.14. The average Bonchev–Trinajstić information content (AvgIpc) is 3.16. The molecule has 0 bridgehead atoms. The summed E-state index contributed by atoms with van der Waals surface area (Å²) in [5, 5.41) is 40.1. The van der Waals surface area contributed by atoms with Crippen molar-refractivity contribution in [2.45, 2.75) is 61.1 Å². The van der Waals surface area contributed by atoms with Gasteiger partial charge in [-0.1, -0.05) is 49.7 Å². The van der Waals surface area contributed by atoms with Crippen LogP contribution in [-0.4, -0.2) is 57.2 Å². The van der Waals surface area contributed by atoms with Gasteiger partial charge in [0.2, 0.25) is 0 Å². The maximum absolute atomic E-state index is 10.5. The molecule has 29 heavy (non-hydrogen) atoms. The Morgan fingerprint density at radius 2 is 1.69 bits per heavy atom. The highest BCUT2D eigenvalue weighted by molar-refractivity contribution is 7.99. The van der Waals surface area contributed by atoms with Gasteiger partial charge in [0.05, 0.1) is 6.61 Å². The molecular weight excluding hydrogens is 388 g/mol. The molecular formula is C23H28O5S. The molecule has 0 aromatic heterocycles. The van der Waals surface area contributed by atoms with Crippen molar-refractivity contribution in [2.75, 3.05) is 12.4 Å². The molecule has 0 spiro atoms. The van der Waals surface area contributed by atoms with E-state index in [0.29, 0.717) is 0 Å². The van der Waals surface area contributed by atoms with Crippen LogP contribution in [0, 0.1) is 0 Å². The van der Waals surface area contributed by atoms with E-state index in [9.17, 15) is 20.4 Å². The normalized spacial score (nSPS) is 31.6. The lowest BCUT2D eigenvalue weighted by Crippen LogP contribution is -2.55. The van der Waals surface area contributed by atoms with Gasteiger partial charge in [0.1, 0.15) is 30.5 Å². The lowest BCUT2D eigenvalue weighted by molar-refractivity contribution is -0.231. The minimum Gasteiger partial charge on any atom is -0.394 e. The number of hydrogen-bond acceptors (Lipinski definition) is 6. The number of benzene rings is 2. The Morgan fingerprint density at radius 3 is 2.38 bits per heavy atom. The molecule has 0 aliphatic carbocycles. The molecule has 2 heterocycles. The summed E-state index contributed by atoms with van der Waals surface area (Å²) in [4.78, 5) is 1.21. The van der Waals surface area contributed by atoms with E-state index in [1.807, 2.05) is 30.0 Å². The van der Waals surface area contributed by atoms with Gasteiger partial charge >= 0.3 is 0 Å². The first-order valence-electron chi connectivity index (χ1n) is 10.2. The second-order valence-electron chi connectivity index (χ2n) is 7.90. The summed E-state index contributed by atoms with van der Waals surface area (Å²) in [6.07, 6.45) is -3.45. The molecule has 2 aliphatic rings. The lowest BCUT2D eigenvalue weighted by atomic mass is 9.87. The van der Waals surface area contributed by atoms with E-state index in [1.165, 1.54) is 21.6 Å². The van der Waals surface area contributed by atoms with Gasteiger partial charge in [-0.3, -0.25) is 0 Å². The summed E-state index contributed by atoms with van der Waals surface area (Å²) in [6.45, 7) is 1.76. The van der Waals surface area contributed by atoms with E-state index < -0.39 is 37.1 Å². The van der Waals surface area contributed by atoms with Crippen LogP contribution in [0.4, 0.5) is 0 Å². The second-order valence-corrected chi connectivity index (χ2v) is 8.96. The highest BCUT2D eigenvalue weighted by Gasteiger charge is 2.44. The molecule has 5 nitrogen and oxygen atoms in total. The summed E-state index contributed by atoms with van der Waals surface area (Å²) in [5.74, 6) is 1.22. The highest BCUT2D eigenvalue weighted by Crippen LogP contribution is 2.45. The number of aryl methyl sites for hydroxylation is 1. The topological polar surface area (TPSA) is 90.2 Å². The highest BCUT2D eigenvalue weighted by atomic mass is 32.2. The van der Waals surface area contributed by atoms with Gasteiger partial charge < -0.3 is 25.2 Å². The van der Waals surface area contributed by atoms with E-state index in [1.54, 1.807) is 0 Å². The third kappa shape index (κ3) is 3.98. The van der Waals surface area contributed by atoms with Crippen molar-refractivity contribution in [2.24, 2.45) is 0 Å². The zero-order chi connectivity index (χ0) is 20.5. The number of hydrogen-bond donors (Lipinski definition) is 4. The number of thioether (sulfide) groups is 1. The summed E-state index contributed by atoms with van der Waals surface area (Å²) in [5.41, 5.74) is 4.54. The van der Waals surface area contributed by atoms with Crippen LogP contribution in [0.1, 0.15) is 47.6 Å². The molecule has 6 atom stereocenters. The van der Waals surface area contributed by atoms with Gasteiger partial charge in [0.25, 0.3) is 0 Å². The van der Waals surface area contributed by atoms with Crippen LogP contribution < -0.4 is 0 Å². The van der Waals surface area contributed by atoms with Crippen molar-refractivity contribution in [1.82, 2.24) is 0 Å². The van der Waals surface area contributed by atoms with Crippen LogP contribution in [0.15, 0.2) is 47.4 Å². The molecule has 0 radical (unpaired) electrons. The van der Waals surface area contributed by atoms with E-state index in [-0.39, 0.29) is 5.92 Å². The molecule has 1 fully saturated rings. The van der Waals surface area contributed by atoms with E-state index in [2.05, 4.69) is 31.2 Å². The van der Waals surface area contributed by atoms with E-state index in [4.69, 9.17) is 4.74 Å². The van der Waals surface area contributed by atoms with Crippen molar-refractivity contribution in [3.63, 3.8) is 0 Å². The van der Waals surface area contributed by atoms with Crippen molar-refractivity contribution in [3.05, 3.63) is 64.7 Å². The number of aliphatic hydroxyl groups excluding tert-OH is 4. The fourth-order valence-electron chi connectivity index (χ4n) is 4.27. The predicted octanol–water partition coefficient (Wildman–Crippen LogP) is 2.39. The monoisotopic (exact) mass is 416 g/mol. The van der Waals surface area contributed by atoms with Crippen LogP contribution in [0.25, 0.3) is 0 Å². The summed E-state index contributed by atoms with van der Waals surface area (Å²) < 4.78 is 5.74. The van der Waals surface area contributed by atoms with E-state index >= 15 is 0 Å². The van der Waals surface area contributed by atoms with Crippen molar-refractivity contribution in [1.29, 1.82) is 0 Å². The van der Waals surface area contributed by atoms with Crippen LogP contribution >= 0.6 is 11.8 Å². The first-order chi connectivity index (χ1) is 14.0. The Balaban J connectivity index is 1.62. The molecule has 0 unspecified atom stereocenters. The molecule has 4 N–H and O–H groups in total. The van der Waals surface area contributed by atoms with Gasteiger partial charge in [-0.25, -0.2) is 0 Å². The number of ether oxygens (including phenoxy) is 1. The minimum atomic E-state index is -1.37. The van der Waals surface area contributed by atoms with Gasteiger partial charge in [0.15, 0.2) is 0 Å². The van der Waals surface area contributed by atoms with Crippen molar-refractivity contribution in [3.8, 4) is 0 Å². The minimum absolute atomic E-state index is 0.260. The summed E-state index contributed by atoms with van der Waals surface area (Å²) in [7, 11) is 0. The van der Waals surface area contributed by atoms with E-state index in [0.717, 1.165) is 24.2 Å². The average molecular weight is 417 g/mol. The Morgan fingerprint density at radius 1 is 0.966 bits per heavy atom. The van der Waals surface area contributed by atoms with Crippen LogP contribution in [0.3, 0.4) is 0 Å². The number of fused-ring (bicyclic) bond motifs is 1. The zero-order valence-electron chi connectivity index (χ0n) is 16.4. The maximum atomic E-state index is 10.5. The first kappa shape index (κ1) is 20.8. The molecule has 156 valence electrons. The predicted molar refractivity (Wildman–Crippen MR) is 112 cm³/mol. The quantitative estimate of drug-likeness (QED) is 0.599. The maximum Gasteiger partial charge on any atom is 0.113 e. The third-order valence-electron chi connectivity index (χ3n) is 5.96. The number of rotatable bonds is 5. The standard InChI is InChI=1S/C23H28O5S/c1-2-3-13-4-6-14(7-5-13)17-12-29-19-9-8-15(10-16(17)19)23-22(27)21(26)20(25)18(11-24)28-23/h4-10,17-18,20-27H,2-3,11-12H2,1H3/t17-,18+,20+,21-,22+,23-/m0/s1. The van der Waals surface area contributed by atoms with Gasteiger partial charge in [-0.05, 0) is 34.7 Å². The first-order valence-corrected chi connectivity index (χ1v) is 11.2. The fraction of sp³-hybridized carbons (Fsp3) is 0.478. The fourth-order valence-corrected chi connectivity index (χ4v) is 5.52. The molecule has 1 saturated heterocycles. The van der Waals surface area contributed by atoms with Gasteiger partial charge in [0, 0.05) is 16.6 Å². The molecule has 2 aromatic carbocycles. The van der Waals surface area contributed by atoms with Crippen molar-refractivity contribution >= 4 is 11.8 Å². The number of aliphatic hydroxyl groups is 4. The summed E-state index contributed by atoms with van der Waals surface area (Å²) in [6, 6.07) is 14.8. The molecule has 6 heteroatoms. The van der Waals surface area contributed by atoms with Crippen LogP contribution in [0.2, 0.25) is 0 Å². The Hall–Kier alpha value is -1.41. The van der Waals surface area contributed by atoms with Crippen LogP contribution in [0.5, 0.6) is 0 Å². The van der Waals surface area contributed by atoms with Crippen molar-refractivity contribution < 1.29 is 25.2 Å². The lowest BCUT2D eigenvalue weighted by Gasteiger charge is -2.40. The molecule has 0 amide bonds. The molecule has 2 aliphatic heterocycles.